The van der Waals surface area contributed by atoms with Crippen molar-refractivity contribution < 1.29 is 19.1 Å². The molecule has 1 amide bonds. The molecule has 0 heterocycles. The summed E-state index contributed by atoms with van der Waals surface area (Å²) in [5.41, 5.74) is 0. The van der Waals surface area contributed by atoms with Gasteiger partial charge >= 0.3 is 12.1 Å². The van der Waals surface area contributed by atoms with E-state index in [-0.39, 0.29) is 11.8 Å². The van der Waals surface area contributed by atoms with Crippen molar-refractivity contribution in [2.24, 2.45) is 11.8 Å². The van der Waals surface area contributed by atoms with Crippen molar-refractivity contribution in [2.75, 3.05) is 13.2 Å². The van der Waals surface area contributed by atoms with Gasteiger partial charge in [-0.3, -0.25) is 0 Å². The van der Waals surface area contributed by atoms with Crippen LogP contribution in [0.15, 0.2) is 0 Å². The van der Waals surface area contributed by atoms with Gasteiger partial charge < -0.3 is 14.8 Å². The van der Waals surface area contributed by atoms with E-state index in [9.17, 15) is 9.59 Å². The molecule has 0 aromatic carbocycles. The number of hydrogen-bond acceptors (Lipinski definition) is 4. The lowest BCUT2D eigenvalue weighted by Crippen LogP contribution is -2.42. The maximum absolute atomic E-state index is 11.8. The second-order valence-electron chi connectivity index (χ2n) is 5.50. The molecule has 0 aromatic rings. The second-order valence-corrected chi connectivity index (χ2v) is 5.50. The number of carbonyl (C=O) groups excluding carboxylic acids is 2. The topological polar surface area (TPSA) is 64.6 Å². The lowest BCUT2D eigenvalue weighted by atomic mass is 10.1. The molecule has 1 unspecified atom stereocenters. The maximum Gasteiger partial charge on any atom is 0.407 e. The van der Waals surface area contributed by atoms with E-state index < -0.39 is 18.1 Å². The molecule has 0 aromatic heterocycles. The van der Waals surface area contributed by atoms with Crippen molar-refractivity contribution in [3.8, 4) is 0 Å². The predicted molar refractivity (Wildman–Crippen MR) is 73.8 cm³/mol. The summed E-state index contributed by atoms with van der Waals surface area (Å²) in [4.78, 5) is 23.4. The zero-order valence-electron chi connectivity index (χ0n) is 12.7. The molecule has 0 aliphatic rings. The fourth-order valence-electron chi connectivity index (χ4n) is 1.31. The lowest BCUT2D eigenvalue weighted by Gasteiger charge is -2.18. The summed E-state index contributed by atoms with van der Waals surface area (Å²) in [7, 11) is 0. The minimum atomic E-state index is -0.622. The summed E-state index contributed by atoms with van der Waals surface area (Å²) in [6.07, 6.45) is 0.772. The summed E-state index contributed by atoms with van der Waals surface area (Å²) in [5, 5.41) is 2.56. The van der Waals surface area contributed by atoms with Crippen molar-refractivity contribution in [1.29, 1.82) is 0 Å². The third-order valence-electron chi connectivity index (χ3n) is 2.26. The molecule has 0 fully saturated rings. The van der Waals surface area contributed by atoms with Crippen LogP contribution < -0.4 is 5.32 Å². The molecule has 0 aliphatic carbocycles. The maximum atomic E-state index is 11.8. The van der Waals surface area contributed by atoms with Gasteiger partial charge in [-0.05, 0) is 18.3 Å². The Morgan fingerprint density at radius 2 is 1.53 bits per heavy atom. The van der Waals surface area contributed by atoms with Crippen molar-refractivity contribution in [1.82, 2.24) is 5.32 Å². The summed E-state index contributed by atoms with van der Waals surface area (Å²) in [6, 6.07) is -0.622. The van der Waals surface area contributed by atoms with Gasteiger partial charge in [-0.15, -0.1) is 0 Å². The molecule has 5 nitrogen and oxygen atoms in total. The minimum Gasteiger partial charge on any atom is -0.464 e. The quantitative estimate of drug-likeness (QED) is 0.691. The van der Waals surface area contributed by atoms with E-state index >= 15 is 0 Å². The van der Waals surface area contributed by atoms with Gasteiger partial charge in [0.1, 0.15) is 6.04 Å². The smallest absolute Gasteiger partial charge is 0.407 e. The molecular weight excluding hydrogens is 246 g/mol. The van der Waals surface area contributed by atoms with Crippen LogP contribution in [0.5, 0.6) is 0 Å². The van der Waals surface area contributed by atoms with E-state index in [1.807, 2.05) is 34.6 Å². The van der Waals surface area contributed by atoms with Gasteiger partial charge in [-0.1, -0.05) is 41.0 Å². The zero-order chi connectivity index (χ0) is 14.8. The van der Waals surface area contributed by atoms with Crippen molar-refractivity contribution >= 4 is 12.1 Å². The Balaban J connectivity index is 4.23. The molecule has 0 rings (SSSR count). The largest absolute Gasteiger partial charge is 0.464 e. The molecule has 19 heavy (non-hydrogen) atoms. The molecule has 0 spiro atoms. The highest BCUT2D eigenvalue weighted by Crippen LogP contribution is 2.03. The third-order valence-corrected chi connectivity index (χ3v) is 2.26. The highest BCUT2D eigenvalue weighted by molar-refractivity contribution is 5.81. The van der Waals surface area contributed by atoms with E-state index in [1.54, 1.807) is 0 Å². The first-order valence-electron chi connectivity index (χ1n) is 6.96. The highest BCUT2D eigenvalue weighted by Gasteiger charge is 2.22. The first-order valence-corrected chi connectivity index (χ1v) is 6.96. The number of rotatable bonds is 8. The van der Waals surface area contributed by atoms with Gasteiger partial charge in [0.05, 0.1) is 13.2 Å². The Kier molecular flexibility index (Phi) is 9.00. The number of amides is 1. The zero-order valence-corrected chi connectivity index (χ0v) is 12.7. The number of nitrogens with one attached hydrogen (secondary N) is 1. The molecule has 1 atom stereocenters. The van der Waals surface area contributed by atoms with E-state index in [4.69, 9.17) is 9.47 Å². The number of alkyl carbamates (subject to hydrolysis) is 1. The third kappa shape index (κ3) is 9.33. The molecule has 5 heteroatoms. The van der Waals surface area contributed by atoms with Crippen LogP contribution in [0.1, 0.15) is 47.5 Å². The second kappa shape index (κ2) is 9.64. The summed E-state index contributed by atoms with van der Waals surface area (Å²) >= 11 is 0. The van der Waals surface area contributed by atoms with Gasteiger partial charge in [-0.2, -0.15) is 0 Å². The van der Waals surface area contributed by atoms with Crippen LogP contribution >= 0.6 is 0 Å². The standard InChI is InChI=1S/C14H27NO4/c1-6-7-12(13(16)18-8-10(2)3)15-14(17)19-9-11(4)5/h10-12H,6-9H2,1-5H3,(H,15,17). The number of hydrogen-bond donors (Lipinski definition) is 1. The van der Waals surface area contributed by atoms with Crippen LogP contribution in [0.4, 0.5) is 4.79 Å². The fraction of sp³-hybridized carbons (Fsp3) is 0.857. The van der Waals surface area contributed by atoms with Gasteiger partial charge in [-0.25, -0.2) is 9.59 Å². The highest BCUT2D eigenvalue weighted by atomic mass is 16.6. The van der Waals surface area contributed by atoms with E-state index in [1.165, 1.54) is 0 Å². The molecule has 0 saturated carbocycles. The SMILES string of the molecule is CCCC(NC(=O)OCC(C)C)C(=O)OCC(C)C. The number of carbonyl (C=O) groups is 2. The lowest BCUT2D eigenvalue weighted by molar-refractivity contribution is -0.147. The van der Waals surface area contributed by atoms with E-state index in [0.717, 1.165) is 6.42 Å². The summed E-state index contributed by atoms with van der Waals surface area (Å²) in [6.45, 7) is 10.5. The molecule has 0 bridgehead atoms. The van der Waals surface area contributed by atoms with Gasteiger partial charge in [0.2, 0.25) is 0 Å². The monoisotopic (exact) mass is 273 g/mol. The van der Waals surface area contributed by atoms with Gasteiger partial charge in [0.15, 0.2) is 0 Å². The Morgan fingerprint density at radius 1 is 1.00 bits per heavy atom. The Labute approximate surface area is 116 Å². The van der Waals surface area contributed by atoms with Crippen molar-refractivity contribution in [3.63, 3.8) is 0 Å². The average Bonchev–Trinajstić information content (AvgIpc) is 2.32. The van der Waals surface area contributed by atoms with Crippen LogP contribution in [0, 0.1) is 11.8 Å². The van der Waals surface area contributed by atoms with Crippen molar-refractivity contribution in [2.45, 2.75) is 53.5 Å². The minimum absolute atomic E-state index is 0.267. The average molecular weight is 273 g/mol. The van der Waals surface area contributed by atoms with Crippen LogP contribution in [-0.2, 0) is 14.3 Å². The number of esters is 1. The van der Waals surface area contributed by atoms with Crippen LogP contribution in [0.25, 0.3) is 0 Å². The Morgan fingerprint density at radius 3 is 2.00 bits per heavy atom. The van der Waals surface area contributed by atoms with E-state index in [0.29, 0.717) is 19.6 Å². The predicted octanol–water partition coefficient (Wildman–Crippen LogP) is 2.74. The fourth-order valence-corrected chi connectivity index (χ4v) is 1.31. The van der Waals surface area contributed by atoms with Crippen LogP contribution in [0.2, 0.25) is 0 Å². The van der Waals surface area contributed by atoms with Gasteiger partial charge in [0, 0.05) is 0 Å². The summed E-state index contributed by atoms with van der Waals surface area (Å²) < 4.78 is 10.1. The molecule has 1 N–H and O–H groups in total. The molecule has 112 valence electrons. The Bertz CT molecular complexity index is 277. The Hall–Kier alpha value is -1.26. The molecular formula is C14H27NO4. The van der Waals surface area contributed by atoms with Crippen molar-refractivity contribution in [3.05, 3.63) is 0 Å². The molecule has 0 aliphatic heterocycles. The molecule has 0 saturated heterocycles. The van der Waals surface area contributed by atoms with E-state index in [2.05, 4.69) is 5.32 Å². The summed E-state index contributed by atoms with van der Waals surface area (Å²) in [5.74, 6) is 0.152. The normalized spacial score (nSPS) is 12.4. The van der Waals surface area contributed by atoms with Crippen LogP contribution in [-0.4, -0.2) is 31.3 Å². The number of ether oxygens (including phenoxy) is 2. The van der Waals surface area contributed by atoms with Crippen LogP contribution in [0.3, 0.4) is 0 Å². The first-order chi connectivity index (χ1) is 8.86. The van der Waals surface area contributed by atoms with Gasteiger partial charge in [0.25, 0.3) is 0 Å². The first kappa shape index (κ1) is 17.7. The molecule has 0 radical (unpaired) electrons.